The molecular weight excluding hydrogens is 402 g/mol. The van der Waals surface area contributed by atoms with Crippen LogP contribution in [0.5, 0.6) is 0 Å². The Morgan fingerprint density at radius 2 is 1.39 bits per heavy atom. The van der Waals surface area contributed by atoms with Crippen LogP contribution < -0.4 is 0 Å². The third kappa shape index (κ3) is 2.88. The Morgan fingerprint density at radius 1 is 0.697 bits per heavy atom. The van der Waals surface area contributed by atoms with Gasteiger partial charge in [-0.1, -0.05) is 86.6 Å². The van der Waals surface area contributed by atoms with E-state index in [0.717, 1.165) is 33.5 Å². The Kier molecular flexibility index (Phi) is 4.18. The molecule has 3 nitrogen and oxygen atoms in total. The molecule has 0 saturated heterocycles. The van der Waals surface area contributed by atoms with E-state index in [4.69, 9.17) is 9.97 Å². The molecule has 0 N–H and O–H groups in total. The van der Waals surface area contributed by atoms with Crippen molar-refractivity contribution in [2.45, 2.75) is 19.3 Å². The van der Waals surface area contributed by atoms with Gasteiger partial charge in [-0.05, 0) is 40.5 Å². The van der Waals surface area contributed by atoms with Crippen molar-refractivity contribution in [1.82, 2.24) is 9.97 Å². The lowest BCUT2D eigenvalue weighted by atomic mass is 9.82. The van der Waals surface area contributed by atoms with E-state index in [0.29, 0.717) is 5.56 Å². The van der Waals surface area contributed by atoms with Crippen molar-refractivity contribution in [1.29, 1.82) is 5.26 Å². The molecule has 5 aromatic rings. The Balaban J connectivity index is 1.64. The highest BCUT2D eigenvalue weighted by molar-refractivity contribution is 5.96. The van der Waals surface area contributed by atoms with Gasteiger partial charge in [0.2, 0.25) is 0 Å². The zero-order valence-corrected chi connectivity index (χ0v) is 18.5. The molecule has 4 aromatic carbocycles. The van der Waals surface area contributed by atoms with Crippen LogP contribution in [0.1, 0.15) is 30.5 Å². The second-order valence-corrected chi connectivity index (χ2v) is 9.00. The minimum atomic E-state index is -0.0747. The van der Waals surface area contributed by atoms with Crippen LogP contribution in [0.2, 0.25) is 0 Å². The molecule has 0 unspecified atom stereocenters. The summed E-state index contributed by atoms with van der Waals surface area (Å²) >= 11 is 0. The van der Waals surface area contributed by atoms with Crippen LogP contribution >= 0.6 is 0 Å². The lowest BCUT2D eigenvalue weighted by Gasteiger charge is -2.21. The average molecular weight is 424 g/mol. The standard InChI is InChI=1S/C30H21N3/c1-30(2)24-11-5-3-8-21(24)27-23(10-7-12-25(27)30)29-32-26-13-6-4-9-22(26)28(33-29)20-16-14-19(18-31)15-17-20/h3-17H,1-2H3. The van der Waals surface area contributed by atoms with Crippen LogP contribution in [0.3, 0.4) is 0 Å². The van der Waals surface area contributed by atoms with E-state index in [-0.39, 0.29) is 5.41 Å². The van der Waals surface area contributed by atoms with Gasteiger partial charge in [-0.15, -0.1) is 0 Å². The first-order valence-corrected chi connectivity index (χ1v) is 11.1. The molecular formula is C30H21N3. The van der Waals surface area contributed by atoms with Crippen LogP contribution in [0.4, 0.5) is 0 Å². The lowest BCUT2D eigenvalue weighted by Crippen LogP contribution is -2.14. The van der Waals surface area contributed by atoms with Crippen molar-refractivity contribution >= 4 is 10.9 Å². The summed E-state index contributed by atoms with van der Waals surface area (Å²) in [7, 11) is 0. The smallest absolute Gasteiger partial charge is 0.161 e. The number of rotatable bonds is 2. The number of benzene rings is 4. The minimum Gasteiger partial charge on any atom is -0.228 e. The molecule has 1 aliphatic rings. The van der Waals surface area contributed by atoms with Crippen molar-refractivity contribution in [3.63, 3.8) is 0 Å². The SMILES string of the molecule is CC1(C)c2ccccc2-c2c(-c3nc(-c4ccc(C#N)cc4)c4ccccc4n3)cccc21. The fourth-order valence-corrected chi connectivity index (χ4v) is 5.06. The quantitative estimate of drug-likeness (QED) is 0.303. The summed E-state index contributed by atoms with van der Waals surface area (Å²) in [5.41, 5.74) is 9.48. The number of para-hydroxylation sites is 1. The highest BCUT2D eigenvalue weighted by Crippen LogP contribution is 2.51. The summed E-state index contributed by atoms with van der Waals surface area (Å²) in [6.07, 6.45) is 0. The van der Waals surface area contributed by atoms with E-state index in [1.165, 1.54) is 22.3 Å². The fraction of sp³-hybridized carbons (Fsp3) is 0.100. The van der Waals surface area contributed by atoms with Gasteiger partial charge in [-0.3, -0.25) is 0 Å². The van der Waals surface area contributed by atoms with Gasteiger partial charge >= 0.3 is 0 Å². The molecule has 0 atom stereocenters. The molecule has 0 bridgehead atoms. The van der Waals surface area contributed by atoms with Crippen molar-refractivity contribution in [3.8, 4) is 39.8 Å². The summed E-state index contributed by atoms with van der Waals surface area (Å²) in [5.74, 6) is 0.720. The molecule has 6 rings (SSSR count). The zero-order chi connectivity index (χ0) is 22.6. The fourth-order valence-electron chi connectivity index (χ4n) is 5.06. The highest BCUT2D eigenvalue weighted by atomic mass is 14.9. The summed E-state index contributed by atoms with van der Waals surface area (Å²) in [6.45, 7) is 4.57. The maximum absolute atomic E-state index is 9.20. The van der Waals surface area contributed by atoms with Crippen molar-refractivity contribution in [2.75, 3.05) is 0 Å². The van der Waals surface area contributed by atoms with Crippen molar-refractivity contribution in [3.05, 3.63) is 108 Å². The predicted octanol–water partition coefficient (Wildman–Crippen LogP) is 7.14. The molecule has 0 fully saturated rings. The third-order valence-corrected chi connectivity index (χ3v) is 6.74. The monoisotopic (exact) mass is 423 g/mol. The Bertz CT molecular complexity index is 1590. The van der Waals surface area contributed by atoms with Gasteiger partial charge in [0.25, 0.3) is 0 Å². The van der Waals surface area contributed by atoms with Crippen LogP contribution in [-0.4, -0.2) is 9.97 Å². The molecule has 156 valence electrons. The largest absolute Gasteiger partial charge is 0.228 e. The van der Waals surface area contributed by atoms with Crippen LogP contribution in [-0.2, 0) is 5.41 Å². The number of nitrogens with zero attached hydrogens (tertiary/aromatic N) is 3. The van der Waals surface area contributed by atoms with E-state index >= 15 is 0 Å². The lowest BCUT2D eigenvalue weighted by molar-refractivity contribution is 0.660. The molecule has 33 heavy (non-hydrogen) atoms. The van der Waals surface area contributed by atoms with E-state index in [1.54, 1.807) is 0 Å². The van der Waals surface area contributed by atoms with Gasteiger partial charge in [0.15, 0.2) is 5.82 Å². The zero-order valence-electron chi connectivity index (χ0n) is 18.5. The van der Waals surface area contributed by atoms with Gasteiger partial charge in [0.1, 0.15) is 0 Å². The minimum absolute atomic E-state index is 0.0747. The number of fused-ring (bicyclic) bond motifs is 4. The molecule has 0 amide bonds. The normalized spacial score (nSPS) is 13.4. The van der Waals surface area contributed by atoms with Crippen LogP contribution in [0.25, 0.3) is 44.7 Å². The molecule has 1 heterocycles. The molecule has 1 aliphatic carbocycles. The first kappa shape index (κ1) is 19.4. The predicted molar refractivity (Wildman–Crippen MR) is 133 cm³/mol. The second-order valence-electron chi connectivity index (χ2n) is 9.00. The van der Waals surface area contributed by atoms with E-state index in [2.05, 4.69) is 68.4 Å². The Hall–Kier alpha value is -4.29. The number of nitriles is 1. The summed E-state index contributed by atoms with van der Waals surface area (Å²) in [4.78, 5) is 10.1. The molecule has 0 aliphatic heterocycles. The second kappa shape index (κ2) is 7.12. The average Bonchev–Trinajstić information content (AvgIpc) is 3.10. The van der Waals surface area contributed by atoms with E-state index < -0.39 is 0 Å². The maximum atomic E-state index is 9.20. The molecule has 0 saturated carbocycles. The molecule has 1 aromatic heterocycles. The third-order valence-electron chi connectivity index (χ3n) is 6.74. The van der Waals surface area contributed by atoms with Gasteiger partial charge < -0.3 is 0 Å². The number of aromatic nitrogens is 2. The van der Waals surface area contributed by atoms with Crippen LogP contribution in [0, 0.1) is 11.3 Å². The molecule has 0 spiro atoms. The molecule has 0 radical (unpaired) electrons. The van der Waals surface area contributed by atoms with Gasteiger partial charge in [0, 0.05) is 21.9 Å². The van der Waals surface area contributed by atoms with E-state index in [9.17, 15) is 5.26 Å². The number of hydrogen-bond acceptors (Lipinski definition) is 3. The Morgan fingerprint density at radius 3 is 2.21 bits per heavy atom. The summed E-state index contributed by atoms with van der Waals surface area (Å²) in [6, 6.07) is 33.0. The number of hydrogen-bond donors (Lipinski definition) is 0. The topological polar surface area (TPSA) is 49.6 Å². The first-order chi connectivity index (χ1) is 16.1. The Labute approximate surface area is 193 Å². The maximum Gasteiger partial charge on any atom is 0.161 e. The van der Waals surface area contributed by atoms with Crippen LogP contribution in [0.15, 0.2) is 91.0 Å². The van der Waals surface area contributed by atoms with Gasteiger partial charge in [-0.2, -0.15) is 5.26 Å². The molecule has 3 heteroatoms. The van der Waals surface area contributed by atoms with E-state index in [1.807, 2.05) is 42.5 Å². The van der Waals surface area contributed by atoms with Crippen molar-refractivity contribution < 1.29 is 0 Å². The first-order valence-electron chi connectivity index (χ1n) is 11.1. The van der Waals surface area contributed by atoms with Gasteiger partial charge in [0.05, 0.1) is 22.8 Å². The highest BCUT2D eigenvalue weighted by Gasteiger charge is 2.36. The van der Waals surface area contributed by atoms with Crippen molar-refractivity contribution in [2.24, 2.45) is 0 Å². The summed E-state index contributed by atoms with van der Waals surface area (Å²) < 4.78 is 0. The summed E-state index contributed by atoms with van der Waals surface area (Å²) in [5, 5.41) is 10.2. The van der Waals surface area contributed by atoms with Gasteiger partial charge in [-0.25, -0.2) is 9.97 Å².